The maximum absolute atomic E-state index is 9.13. The lowest BCUT2D eigenvalue weighted by atomic mass is 10.1. The van der Waals surface area contributed by atoms with Gasteiger partial charge in [0.1, 0.15) is 11.6 Å². The number of anilines is 1. The smallest absolute Gasteiger partial charge is 0.166 e. The van der Waals surface area contributed by atoms with Crippen molar-refractivity contribution in [2.75, 3.05) is 11.9 Å². The number of nitrogens with one attached hydrogen (secondary N) is 1. The topological polar surface area (TPSA) is 79.4 Å². The molecule has 0 amide bonds. The zero-order chi connectivity index (χ0) is 13.0. The van der Waals surface area contributed by atoms with Crippen LogP contribution in [0.2, 0.25) is 0 Å². The number of hydrogen-bond donors (Lipinski definition) is 1. The monoisotopic (exact) mass is 242 g/mol. The number of aryl methyl sites for hydroxylation is 1. The quantitative estimate of drug-likeness (QED) is 0.873. The van der Waals surface area contributed by atoms with E-state index in [4.69, 9.17) is 5.26 Å². The molecule has 0 aliphatic heterocycles. The van der Waals surface area contributed by atoms with Crippen molar-refractivity contribution < 1.29 is 0 Å². The van der Waals surface area contributed by atoms with E-state index in [1.807, 2.05) is 24.6 Å². The Morgan fingerprint density at radius 2 is 2.22 bits per heavy atom. The van der Waals surface area contributed by atoms with Gasteiger partial charge in [-0.05, 0) is 19.4 Å². The second kappa shape index (κ2) is 5.27. The van der Waals surface area contributed by atoms with E-state index >= 15 is 0 Å². The molecule has 2 aromatic heterocycles. The molecule has 6 nitrogen and oxygen atoms in total. The van der Waals surface area contributed by atoms with Crippen LogP contribution >= 0.6 is 0 Å². The van der Waals surface area contributed by atoms with Crippen LogP contribution in [-0.2, 0) is 6.54 Å². The summed E-state index contributed by atoms with van der Waals surface area (Å²) in [4.78, 5) is 3.96. The third-order valence-electron chi connectivity index (χ3n) is 2.79. The summed E-state index contributed by atoms with van der Waals surface area (Å²) in [6.45, 7) is 5.16. The zero-order valence-corrected chi connectivity index (χ0v) is 10.4. The average Bonchev–Trinajstić information content (AvgIpc) is 2.87. The Balaban J connectivity index is 2.06. The van der Waals surface area contributed by atoms with Gasteiger partial charge in [0.15, 0.2) is 5.82 Å². The van der Waals surface area contributed by atoms with Crippen LogP contribution < -0.4 is 5.32 Å². The lowest BCUT2D eigenvalue weighted by molar-refractivity contribution is 0.723. The predicted octanol–water partition coefficient (Wildman–Crippen LogP) is 1.27. The molecule has 0 aliphatic rings. The highest BCUT2D eigenvalue weighted by Gasteiger charge is 2.09. The molecule has 0 radical (unpaired) electrons. The molecule has 1 N–H and O–H groups in total. The van der Waals surface area contributed by atoms with Gasteiger partial charge in [-0.1, -0.05) is 0 Å². The fourth-order valence-corrected chi connectivity index (χ4v) is 1.59. The van der Waals surface area contributed by atoms with E-state index in [1.54, 1.807) is 12.5 Å². The van der Waals surface area contributed by atoms with E-state index in [0.29, 0.717) is 17.9 Å². The minimum Gasteiger partial charge on any atom is -0.366 e. The van der Waals surface area contributed by atoms with Crippen LogP contribution in [0.25, 0.3) is 0 Å². The zero-order valence-electron chi connectivity index (χ0n) is 10.4. The Bertz CT molecular complexity index is 567. The van der Waals surface area contributed by atoms with Gasteiger partial charge in [0.05, 0.1) is 12.0 Å². The number of nitriles is 1. The van der Waals surface area contributed by atoms with Crippen LogP contribution in [0.3, 0.4) is 0 Å². The van der Waals surface area contributed by atoms with E-state index in [0.717, 1.165) is 17.8 Å². The molecule has 0 unspecified atom stereocenters. The Kier molecular flexibility index (Phi) is 3.53. The molecule has 18 heavy (non-hydrogen) atoms. The van der Waals surface area contributed by atoms with Crippen LogP contribution in [0.4, 0.5) is 5.82 Å². The van der Waals surface area contributed by atoms with Crippen molar-refractivity contribution in [1.29, 1.82) is 5.26 Å². The van der Waals surface area contributed by atoms with Crippen LogP contribution in [0.5, 0.6) is 0 Å². The molecule has 0 fully saturated rings. The first kappa shape index (κ1) is 12.0. The van der Waals surface area contributed by atoms with E-state index in [1.165, 1.54) is 0 Å². The lowest BCUT2D eigenvalue weighted by Crippen LogP contribution is -2.13. The molecule has 92 valence electrons. The van der Waals surface area contributed by atoms with Crippen molar-refractivity contribution in [3.05, 3.63) is 35.5 Å². The summed E-state index contributed by atoms with van der Waals surface area (Å²) >= 11 is 0. The minimum atomic E-state index is 0.542. The molecule has 0 bridgehead atoms. The number of hydrogen-bond acceptors (Lipinski definition) is 5. The maximum atomic E-state index is 9.13. The largest absolute Gasteiger partial charge is 0.366 e. The van der Waals surface area contributed by atoms with Gasteiger partial charge in [-0.3, -0.25) is 0 Å². The Labute approximate surface area is 105 Å². The summed E-state index contributed by atoms with van der Waals surface area (Å²) in [5.41, 5.74) is 2.22. The Morgan fingerprint density at radius 1 is 1.39 bits per heavy atom. The number of aromatic nitrogens is 4. The van der Waals surface area contributed by atoms with Gasteiger partial charge in [0, 0.05) is 25.5 Å². The SMILES string of the molecule is Cc1nnc(NCCn2ccnc2)c(C#N)c1C. The van der Waals surface area contributed by atoms with E-state index < -0.39 is 0 Å². The van der Waals surface area contributed by atoms with Crippen molar-refractivity contribution in [3.8, 4) is 6.07 Å². The molecule has 0 spiro atoms. The first-order valence-electron chi connectivity index (χ1n) is 5.66. The summed E-state index contributed by atoms with van der Waals surface area (Å²) in [7, 11) is 0. The lowest BCUT2D eigenvalue weighted by Gasteiger charge is -2.09. The van der Waals surface area contributed by atoms with Gasteiger partial charge in [0.2, 0.25) is 0 Å². The van der Waals surface area contributed by atoms with Crippen molar-refractivity contribution >= 4 is 5.82 Å². The van der Waals surface area contributed by atoms with Gasteiger partial charge in [-0.15, -0.1) is 5.10 Å². The molecule has 0 saturated carbocycles. The minimum absolute atomic E-state index is 0.542. The van der Waals surface area contributed by atoms with Gasteiger partial charge >= 0.3 is 0 Å². The molecule has 2 rings (SSSR count). The highest BCUT2D eigenvalue weighted by Crippen LogP contribution is 2.16. The Hall–Kier alpha value is -2.42. The third-order valence-corrected chi connectivity index (χ3v) is 2.79. The fourth-order valence-electron chi connectivity index (χ4n) is 1.59. The van der Waals surface area contributed by atoms with Crippen molar-refractivity contribution in [2.24, 2.45) is 0 Å². The summed E-state index contributed by atoms with van der Waals surface area (Å²) in [6, 6.07) is 2.16. The van der Waals surface area contributed by atoms with Crippen molar-refractivity contribution in [3.63, 3.8) is 0 Å². The number of rotatable bonds is 4. The second-order valence-corrected chi connectivity index (χ2v) is 3.97. The summed E-state index contributed by atoms with van der Waals surface area (Å²) in [5.74, 6) is 0.542. The van der Waals surface area contributed by atoms with Gasteiger partial charge in [-0.2, -0.15) is 10.4 Å². The molecule has 0 saturated heterocycles. The molecule has 2 heterocycles. The predicted molar refractivity (Wildman–Crippen MR) is 66.9 cm³/mol. The standard InChI is InChI=1S/C12H14N6/c1-9-10(2)16-17-12(11(9)7-13)15-4-6-18-5-3-14-8-18/h3,5,8H,4,6H2,1-2H3,(H,15,17). The van der Waals surface area contributed by atoms with Crippen molar-refractivity contribution in [2.45, 2.75) is 20.4 Å². The van der Waals surface area contributed by atoms with Crippen LogP contribution in [0.1, 0.15) is 16.8 Å². The normalized spacial score (nSPS) is 10.1. The molecule has 0 aliphatic carbocycles. The van der Waals surface area contributed by atoms with Crippen molar-refractivity contribution in [1.82, 2.24) is 19.7 Å². The second-order valence-electron chi connectivity index (χ2n) is 3.97. The summed E-state index contributed by atoms with van der Waals surface area (Å²) in [5, 5.41) is 20.3. The molecular formula is C12H14N6. The first-order valence-corrected chi connectivity index (χ1v) is 5.66. The highest BCUT2D eigenvalue weighted by atomic mass is 15.2. The average molecular weight is 242 g/mol. The van der Waals surface area contributed by atoms with Gasteiger partial charge in [0.25, 0.3) is 0 Å². The molecular weight excluding hydrogens is 228 g/mol. The molecule has 0 atom stereocenters. The fraction of sp³-hybridized carbons (Fsp3) is 0.333. The van der Waals surface area contributed by atoms with Crippen LogP contribution in [0, 0.1) is 25.2 Å². The van der Waals surface area contributed by atoms with E-state index in [-0.39, 0.29) is 0 Å². The summed E-state index contributed by atoms with van der Waals surface area (Å²) < 4.78 is 1.95. The van der Waals surface area contributed by atoms with E-state index in [2.05, 4.69) is 26.6 Å². The van der Waals surface area contributed by atoms with Crippen LogP contribution in [-0.4, -0.2) is 26.3 Å². The Morgan fingerprint density at radius 3 is 2.89 bits per heavy atom. The first-order chi connectivity index (χ1) is 8.72. The van der Waals surface area contributed by atoms with E-state index in [9.17, 15) is 0 Å². The molecule has 6 heteroatoms. The number of imidazole rings is 1. The van der Waals surface area contributed by atoms with Gasteiger partial charge < -0.3 is 9.88 Å². The van der Waals surface area contributed by atoms with Crippen LogP contribution in [0.15, 0.2) is 18.7 Å². The molecule has 0 aromatic carbocycles. The van der Waals surface area contributed by atoms with Gasteiger partial charge in [-0.25, -0.2) is 4.98 Å². The number of nitrogens with zero attached hydrogens (tertiary/aromatic N) is 5. The molecule has 2 aromatic rings. The highest BCUT2D eigenvalue weighted by molar-refractivity contribution is 5.55. The third kappa shape index (κ3) is 2.46. The summed E-state index contributed by atoms with van der Waals surface area (Å²) in [6.07, 6.45) is 5.37. The maximum Gasteiger partial charge on any atom is 0.166 e.